The standard InChI is InChI=1S/C22H20O4/c1-15-10-18-14-25-21(24)22(18,12-15)13-16-6-5-7-17(11-16)20(23)26-19-8-3-2-4-9-19/h2-9,11,18H,1,10,12-14H2. The highest BCUT2D eigenvalue weighted by molar-refractivity contribution is 5.91. The van der Waals surface area contributed by atoms with Gasteiger partial charge in [0.15, 0.2) is 0 Å². The summed E-state index contributed by atoms with van der Waals surface area (Å²) in [7, 11) is 0. The van der Waals surface area contributed by atoms with E-state index in [1.54, 1.807) is 18.2 Å². The van der Waals surface area contributed by atoms with Crippen molar-refractivity contribution in [2.24, 2.45) is 11.3 Å². The number of fused-ring (bicyclic) bond motifs is 1. The van der Waals surface area contributed by atoms with E-state index in [0.29, 0.717) is 30.8 Å². The molecular formula is C22H20O4. The maximum absolute atomic E-state index is 12.4. The van der Waals surface area contributed by atoms with E-state index in [0.717, 1.165) is 17.6 Å². The monoisotopic (exact) mass is 348 g/mol. The first-order valence-corrected chi connectivity index (χ1v) is 8.77. The third-order valence-electron chi connectivity index (χ3n) is 5.34. The maximum atomic E-state index is 12.4. The van der Waals surface area contributed by atoms with Crippen molar-refractivity contribution in [3.8, 4) is 5.75 Å². The number of carbonyl (C=O) groups is 2. The molecule has 0 spiro atoms. The van der Waals surface area contributed by atoms with E-state index in [9.17, 15) is 9.59 Å². The SMILES string of the molecule is C=C1CC2COC(=O)C2(Cc2cccc(C(=O)Oc3ccccc3)c2)C1. The van der Waals surface area contributed by atoms with Crippen LogP contribution in [0.3, 0.4) is 0 Å². The second-order valence-corrected chi connectivity index (χ2v) is 7.16. The highest BCUT2D eigenvalue weighted by Gasteiger charge is 2.55. The Morgan fingerprint density at radius 3 is 2.81 bits per heavy atom. The number of benzene rings is 2. The van der Waals surface area contributed by atoms with Crippen molar-refractivity contribution >= 4 is 11.9 Å². The Morgan fingerprint density at radius 2 is 2.00 bits per heavy atom. The summed E-state index contributed by atoms with van der Waals surface area (Å²) < 4.78 is 10.7. The fraction of sp³-hybridized carbons (Fsp3) is 0.273. The normalized spacial score (nSPS) is 24.2. The molecule has 2 aromatic carbocycles. The number of allylic oxidation sites excluding steroid dienone is 1. The van der Waals surface area contributed by atoms with Gasteiger partial charge >= 0.3 is 11.9 Å². The Morgan fingerprint density at radius 1 is 1.19 bits per heavy atom. The number of para-hydroxylation sites is 1. The lowest BCUT2D eigenvalue weighted by Crippen LogP contribution is -2.31. The van der Waals surface area contributed by atoms with Crippen LogP contribution in [-0.4, -0.2) is 18.5 Å². The van der Waals surface area contributed by atoms with Crippen molar-refractivity contribution in [2.45, 2.75) is 19.3 Å². The topological polar surface area (TPSA) is 52.6 Å². The lowest BCUT2D eigenvalue weighted by atomic mass is 9.75. The van der Waals surface area contributed by atoms with E-state index in [4.69, 9.17) is 9.47 Å². The molecule has 26 heavy (non-hydrogen) atoms. The molecule has 1 heterocycles. The molecule has 132 valence electrons. The van der Waals surface area contributed by atoms with Crippen molar-refractivity contribution in [3.05, 3.63) is 77.9 Å². The Labute approximate surface area is 152 Å². The molecule has 4 heteroatoms. The van der Waals surface area contributed by atoms with Crippen LogP contribution in [-0.2, 0) is 16.0 Å². The van der Waals surface area contributed by atoms with Gasteiger partial charge < -0.3 is 9.47 Å². The molecule has 2 unspecified atom stereocenters. The lowest BCUT2D eigenvalue weighted by molar-refractivity contribution is -0.146. The number of cyclic esters (lactones) is 1. The summed E-state index contributed by atoms with van der Waals surface area (Å²) in [6, 6.07) is 16.3. The molecule has 2 atom stereocenters. The average Bonchev–Trinajstić information content (AvgIpc) is 3.10. The van der Waals surface area contributed by atoms with Crippen molar-refractivity contribution in [1.29, 1.82) is 0 Å². The van der Waals surface area contributed by atoms with Crippen LogP contribution in [0.25, 0.3) is 0 Å². The van der Waals surface area contributed by atoms with Gasteiger partial charge in [-0.3, -0.25) is 4.79 Å². The van der Waals surface area contributed by atoms with Crippen LogP contribution >= 0.6 is 0 Å². The fourth-order valence-corrected chi connectivity index (χ4v) is 4.09. The fourth-order valence-electron chi connectivity index (χ4n) is 4.09. The van der Waals surface area contributed by atoms with E-state index in [1.165, 1.54) is 0 Å². The zero-order chi connectivity index (χ0) is 18.1. The molecule has 2 fully saturated rings. The molecule has 1 aliphatic carbocycles. The molecule has 0 bridgehead atoms. The van der Waals surface area contributed by atoms with Crippen LogP contribution in [0.1, 0.15) is 28.8 Å². The zero-order valence-electron chi connectivity index (χ0n) is 14.4. The van der Waals surface area contributed by atoms with Gasteiger partial charge in [0, 0.05) is 5.92 Å². The van der Waals surface area contributed by atoms with Crippen molar-refractivity contribution < 1.29 is 19.1 Å². The number of esters is 2. The number of carbonyl (C=O) groups excluding carboxylic acids is 2. The van der Waals surface area contributed by atoms with Crippen LogP contribution in [0.15, 0.2) is 66.7 Å². The van der Waals surface area contributed by atoms with Gasteiger partial charge in [-0.15, -0.1) is 0 Å². The lowest BCUT2D eigenvalue weighted by Gasteiger charge is -2.24. The molecular weight excluding hydrogens is 328 g/mol. The van der Waals surface area contributed by atoms with E-state index in [2.05, 4.69) is 6.58 Å². The molecule has 4 rings (SSSR count). The van der Waals surface area contributed by atoms with Crippen molar-refractivity contribution in [1.82, 2.24) is 0 Å². The van der Waals surface area contributed by atoms with E-state index >= 15 is 0 Å². The molecule has 2 aliphatic rings. The molecule has 0 N–H and O–H groups in total. The first-order valence-electron chi connectivity index (χ1n) is 8.77. The molecule has 0 aromatic heterocycles. The van der Waals surface area contributed by atoms with Crippen molar-refractivity contribution in [2.75, 3.05) is 6.61 Å². The third-order valence-corrected chi connectivity index (χ3v) is 5.34. The van der Waals surface area contributed by atoms with E-state index in [-0.39, 0.29) is 11.9 Å². The van der Waals surface area contributed by atoms with Crippen LogP contribution in [0.2, 0.25) is 0 Å². The Bertz CT molecular complexity index is 871. The molecule has 1 saturated heterocycles. The highest BCUT2D eigenvalue weighted by Crippen LogP contribution is 2.52. The largest absolute Gasteiger partial charge is 0.465 e. The Balaban J connectivity index is 1.55. The van der Waals surface area contributed by atoms with E-state index in [1.807, 2.05) is 36.4 Å². The predicted molar refractivity (Wildman–Crippen MR) is 96.8 cm³/mol. The number of hydrogen-bond acceptors (Lipinski definition) is 4. The van der Waals surface area contributed by atoms with Gasteiger partial charge in [0.05, 0.1) is 17.6 Å². The number of rotatable bonds is 4. The van der Waals surface area contributed by atoms with Gasteiger partial charge in [0.2, 0.25) is 0 Å². The first kappa shape index (κ1) is 16.6. The van der Waals surface area contributed by atoms with Crippen LogP contribution < -0.4 is 4.74 Å². The number of hydrogen-bond donors (Lipinski definition) is 0. The van der Waals surface area contributed by atoms with Crippen molar-refractivity contribution in [3.63, 3.8) is 0 Å². The predicted octanol–water partition coefficient (Wildman–Crippen LogP) is 3.96. The minimum atomic E-state index is -0.529. The molecule has 2 aromatic rings. The summed E-state index contributed by atoms with van der Waals surface area (Å²) in [4.78, 5) is 24.9. The Kier molecular flexibility index (Phi) is 4.11. The summed E-state index contributed by atoms with van der Waals surface area (Å²) in [5, 5.41) is 0. The van der Waals surface area contributed by atoms with Gasteiger partial charge in [0.1, 0.15) is 5.75 Å². The maximum Gasteiger partial charge on any atom is 0.343 e. The summed E-state index contributed by atoms with van der Waals surface area (Å²) in [5.41, 5.74) is 1.99. The second-order valence-electron chi connectivity index (χ2n) is 7.16. The molecule has 1 aliphatic heterocycles. The second kappa shape index (κ2) is 6.45. The van der Waals surface area contributed by atoms with Gasteiger partial charge in [-0.25, -0.2) is 4.79 Å². The minimum Gasteiger partial charge on any atom is -0.465 e. The third kappa shape index (κ3) is 2.92. The van der Waals surface area contributed by atoms with Gasteiger partial charge in [0.25, 0.3) is 0 Å². The summed E-state index contributed by atoms with van der Waals surface area (Å²) >= 11 is 0. The average molecular weight is 348 g/mol. The molecule has 0 radical (unpaired) electrons. The van der Waals surface area contributed by atoms with Crippen LogP contribution in [0.4, 0.5) is 0 Å². The highest BCUT2D eigenvalue weighted by atomic mass is 16.5. The van der Waals surface area contributed by atoms with Crippen LogP contribution in [0.5, 0.6) is 5.75 Å². The zero-order valence-corrected chi connectivity index (χ0v) is 14.4. The minimum absolute atomic E-state index is 0.140. The molecule has 1 saturated carbocycles. The van der Waals surface area contributed by atoms with Crippen LogP contribution in [0, 0.1) is 11.3 Å². The summed E-state index contributed by atoms with van der Waals surface area (Å²) in [6.07, 6.45) is 2.05. The van der Waals surface area contributed by atoms with Gasteiger partial charge in [-0.05, 0) is 49.1 Å². The summed E-state index contributed by atoms with van der Waals surface area (Å²) in [5.74, 6) is 0.144. The number of ether oxygens (including phenoxy) is 2. The quantitative estimate of drug-likeness (QED) is 0.477. The van der Waals surface area contributed by atoms with Gasteiger partial charge in [-0.2, -0.15) is 0 Å². The first-order chi connectivity index (χ1) is 12.6. The molecule has 4 nitrogen and oxygen atoms in total. The summed E-state index contributed by atoms with van der Waals surface area (Å²) in [6.45, 7) is 4.53. The smallest absolute Gasteiger partial charge is 0.343 e. The Hall–Kier alpha value is -2.88. The van der Waals surface area contributed by atoms with E-state index < -0.39 is 11.4 Å². The molecule has 0 amide bonds. The van der Waals surface area contributed by atoms with Gasteiger partial charge in [-0.1, -0.05) is 42.5 Å².